The van der Waals surface area contributed by atoms with Gasteiger partial charge in [0.2, 0.25) is 0 Å². The summed E-state index contributed by atoms with van der Waals surface area (Å²) in [4.78, 5) is 0. The number of halogens is 1. The second-order valence-electron chi connectivity index (χ2n) is 3.26. The Morgan fingerprint density at radius 2 is 1.71 bits per heavy atom. The van der Waals surface area contributed by atoms with E-state index in [2.05, 4.69) is 0 Å². The summed E-state index contributed by atoms with van der Waals surface area (Å²) in [6.45, 7) is 0. The number of benzene rings is 1. The second kappa shape index (κ2) is 3.58. The lowest BCUT2D eigenvalue weighted by Crippen LogP contribution is -2.25. The standard InChI is InChI=1S/C12H11FN/c1-14-7-5-10(6-8-14)11-3-2-4-12(13)9-11/h2-9H,1H3/q+1. The first kappa shape index (κ1) is 8.88. The Morgan fingerprint density at radius 3 is 2.36 bits per heavy atom. The van der Waals surface area contributed by atoms with Gasteiger partial charge in [-0.2, -0.15) is 0 Å². The number of hydrogen-bond acceptors (Lipinski definition) is 0. The van der Waals surface area contributed by atoms with Gasteiger partial charge in [0.1, 0.15) is 12.9 Å². The van der Waals surface area contributed by atoms with Crippen molar-refractivity contribution < 1.29 is 8.96 Å². The molecule has 2 heteroatoms. The lowest BCUT2D eigenvalue weighted by Gasteiger charge is -1.99. The lowest BCUT2D eigenvalue weighted by molar-refractivity contribution is -0.671. The van der Waals surface area contributed by atoms with E-state index in [-0.39, 0.29) is 5.82 Å². The predicted octanol–water partition coefficient (Wildman–Crippen LogP) is 2.32. The van der Waals surface area contributed by atoms with Gasteiger partial charge in [-0.05, 0) is 23.3 Å². The van der Waals surface area contributed by atoms with E-state index in [0.717, 1.165) is 11.1 Å². The van der Waals surface area contributed by atoms with Crippen LogP contribution in [-0.2, 0) is 7.05 Å². The third-order valence-corrected chi connectivity index (χ3v) is 2.14. The van der Waals surface area contributed by atoms with E-state index in [9.17, 15) is 4.39 Å². The van der Waals surface area contributed by atoms with Crippen LogP contribution in [0.5, 0.6) is 0 Å². The number of pyridine rings is 1. The molecule has 2 rings (SSSR count). The first-order valence-electron chi connectivity index (χ1n) is 4.47. The molecule has 70 valence electrons. The molecule has 14 heavy (non-hydrogen) atoms. The zero-order valence-corrected chi connectivity index (χ0v) is 7.94. The Bertz CT molecular complexity index is 434. The highest BCUT2D eigenvalue weighted by Gasteiger charge is 2.00. The predicted molar refractivity (Wildman–Crippen MR) is 53.0 cm³/mol. The van der Waals surface area contributed by atoms with Gasteiger partial charge in [0.25, 0.3) is 0 Å². The van der Waals surface area contributed by atoms with Gasteiger partial charge in [-0.1, -0.05) is 12.1 Å². The normalized spacial score (nSPS) is 10.1. The number of rotatable bonds is 1. The Kier molecular flexibility index (Phi) is 2.27. The van der Waals surface area contributed by atoms with Gasteiger partial charge < -0.3 is 0 Å². The molecule has 0 saturated carbocycles. The first-order valence-corrected chi connectivity index (χ1v) is 4.47. The van der Waals surface area contributed by atoms with Crippen molar-refractivity contribution in [3.8, 4) is 11.1 Å². The molecule has 2 aromatic rings. The lowest BCUT2D eigenvalue weighted by atomic mass is 10.1. The molecule has 0 bridgehead atoms. The zero-order valence-electron chi connectivity index (χ0n) is 7.94. The van der Waals surface area contributed by atoms with Gasteiger partial charge in [-0.15, -0.1) is 0 Å². The van der Waals surface area contributed by atoms with Crippen molar-refractivity contribution >= 4 is 0 Å². The van der Waals surface area contributed by atoms with Gasteiger partial charge in [-0.25, -0.2) is 8.96 Å². The fourth-order valence-electron chi connectivity index (χ4n) is 1.36. The van der Waals surface area contributed by atoms with E-state index in [0.29, 0.717) is 0 Å². The molecule has 0 atom stereocenters. The van der Waals surface area contributed by atoms with Crippen LogP contribution < -0.4 is 4.57 Å². The van der Waals surface area contributed by atoms with E-state index < -0.39 is 0 Å². The van der Waals surface area contributed by atoms with E-state index in [1.807, 2.05) is 42.2 Å². The maximum absolute atomic E-state index is 12.9. The molecule has 0 spiro atoms. The molecule has 0 aliphatic rings. The quantitative estimate of drug-likeness (QED) is 0.605. The summed E-state index contributed by atoms with van der Waals surface area (Å²) >= 11 is 0. The molecule has 1 aromatic carbocycles. The molecule has 1 heterocycles. The number of aromatic nitrogens is 1. The molecule has 0 radical (unpaired) electrons. The minimum atomic E-state index is -0.198. The summed E-state index contributed by atoms with van der Waals surface area (Å²) in [5, 5.41) is 0. The molecule has 0 saturated heterocycles. The third-order valence-electron chi connectivity index (χ3n) is 2.14. The topological polar surface area (TPSA) is 3.88 Å². The smallest absolute Gasteiger partial charge is 0.169 e. The van der Waals surface area contributed by atoms with Gasteiger partial charge in [0.05, 0.1) is 0 Å². The Hall–Kier alpha value is -1.70. The summed E-state index contributed by atoms with van der Waals surface area (Å²) in [5.74, 6) is -0.198. The van der Waals surface area contributed by atoms with Crippen LogP contribution in [0.15, 0.2) is 48.8 Å². The van der Waals surface area contributed by atoms with E-state index in [1.54, 1.807) is 6.07 Å². The van der Waals surface area contributed by atoms with E-state index in [4.69, 9.17) is 0 Å². The van der Waals surface area contributed by atoms with Crippen LogP contribution in [-0.4, -0.2) is 0 Å². The molecule has 1 nitrogen and oxygen atoms in total. The Labute approximate surface area is 82.4 Å². The highest BCUT2D eigenvalue weighted by Crippen LogP contribution is 2.18. The number of nitrogens with zero attached hydrogens (tertiary/aromatic N) is 1. The molecule has 1 aromatic heterocycles. The van der Waals surface area contributed by atoms with Crippen molar-refractivity contribution in [2.75, 3.05) is 0 Å². The highest BCUT2D eigenvalue weighted by atomic mass is 19.1. The maximum Gasteiger partial charge on any atom is 0.169 e. The van der Waals surface area contributed by atoms with Crippen LogP contribution in [0.2, 0.25) is 0 Å². The molecule has 0 N–H and O–H groups in total. The van der Waals surface area contributed by atoms with Crippen molar-refractivity contribution in [1.29, 1.82) is 0 Å². The largest absolute Gasteiger partial charge is 0.208 e. The summed E-state index contributed by atoms with van der Waals surface area (Å²) < 4.78 is 14.9. The summed E-state index contributed by atoms with van der Waals surface area (Å²) in [5.41, 5.74) is 1.94. The van der Waals surface area contributed by atoms with Gasteiger partial charge in [0.15, 0.2) is 12.4 Å². The van der Waals surface area contributed by atoms with E-state index in [1.165, 1.54) is 12.1 Å². The third kappa shape index (κ3) is 1.79. The van der Waals surface area contributed by atoms with Crippen molar-refractivity contribution in [1.82, 2.24) is 0 Å². The van der Waals surface area contributed by atoms with Gasteiger partial charge in [0, 0.05) is 12.1 Å². The Morgan fingerprint density at radius 1 is 1.00 bits per heavy atom. The molecular weight excluding hydrogens is 177 g/mol. The van der Waals surface area contributed by atoms with Crippen molar-refractivity contribution in [2.45, 2.75) is 0 Å². The van der Waals surface area contributed by atoms with Crippen LogP contribution in [0.4, 0.5) is 4.39 Å². The molecular formula is C12H11FN+. The number of hydrogen-bond donors (Lipinski definition) is 0. The van der Waals surface area contributed by atoms with Crippen LogP contribution in [0.25, 0.3) is 11.1 Å². The van der Waals surface area contributed by atoms with Crippen LogP contribution in [0.3, 0.4) is 0 Å². The summed E-state index contributed by atoms with van der Waals surface area (Å²) in [6, 6.07) is 10.5. The molecule has 0 aliphatic carbocycles. The maximum atomic E-state index is 12.9. The second-order valence-corrected chi connectivity index (χ2v) is 3.26. The van der Waals surface area contributed by atoms with Gasteiger partial charge in [-0.3, -0.25) is 0 Å². The van der Waals surface area contributed by atoms with Gasteiger partial charge >= 0.3 is 0 Å². The zero-order chi connectivity index (χ0) is 9.97. The minimum Gasteiger partial charge on any atom is -0.208 e. The molecule has 0 unspecified atom stereocenters. The molecule has 0 amide bonds. The average molecular weight is 188 g/mol. The molecule has 0 aliphatic heterocycles. The Balaban J connectivity index is 2.44. The van der Waals surface area contributed by atoms with E-state index >= 15 is 0 Å². The van der Waals surface area contributed by atoms with Crippen molar-refractivity contribution in [2.24, 2.45) is 7.05 Å². The average Bonchev–Trinajstić information content (AvgIpc) is 2.19. The minimum absolute atomic E-state index is 0.198. The first-order chi connectivity index (χ1) is 6.75. The highest BCUT2D eigenvalue weighted by molar-refractivity contribution is 5.62. The fraction of sp³-hybridized carbons (Fsp3) is 0.0833. The van der Waals surface area contributed by atoms with Crippen LogP contribution in [0, 0.1) is 5.82 Å². The van der Waals surface area contributed by atoms with Crippen molar-refractivity contribution in [3.63, 3.8) is 0 Å². The monoisotopic (exact) mass is 188 g/mol. The van der Waals surface area contributed by atoms with Crippen LogP contribution >= 0.6 is 0 Å². The van der Waals surface area contributed by atoms with Crippen LogP contribution in [0.1, 0.15) is 0 Å². The van der Waals surface area contributed by atoms with Crippen molar-refractivity contribution in [3.05, 3.63) is 54.6 Å². The SMILES string of the molecule is C[n+]1ccc(-c2cccc(F)c2)cc1. The molecule has 0 fully saturated rings. The number of aryl methyl sites for hydroxylation is 1. The summed E-state index contributed by atoms with van der Waals surface area (Å²) in [7, 11) is 1.95. The summed E-state index contributed by atoms with van der Waals surface area (Å²) in [6.07, 6.45) is 3.89. The fourth-order valence-corrected chi connectivity index (χ4v) is 1.36.